The first-order chi connectivity index (χ1) is 9.46. The van der Waals surface area contributed by atoms with Crippen molar-refractivity contribution in [1.29, 1.82) is 0 Å². The second-order valence-electron chi connectivity index (χ2n) is 4.82. The van der Waals surface area contributed by atoms with Crippen LogP contribution in [-0.2, 0) is 16.4 Å². The van der Waals surface area contributed by atoms with E-state index in [1.165, 1.54) is 0 Å². The fourth-order valence-corrected chi connectivity index (χ4v) is 2.60. The van der Waals surface area contributed by atoms with Crippen molar-refractivity contribution in [3.05, 3.63) is 29.3 Å². The SMILES string of the molecule is CS(=O)(=O)NCCNC(=O)c1ccc2c(c1)CCCN2. The number of sulfonamides is 1. The Labute approximate surface area is 119 Å². The molecule has 0 atom stereocenters. The molecule has 0 saturated carbocycles. The number of rotatable bonds is 5. The van der Waals surface area contributed by atoms with E-state index < -0.39 is 10.0 Å². The number of anilines is 1. The lowest BCUT2D eigenvalue weighted by molar-refractivity contribution is 0.0954. The zero-order valence-electron chi connectivity index (χ0n) is 11.4. The maximum atomic E-state index is 11.9. The van der Waals surface area contributed by atoms with E-state index in [1.54, 1.807) is 6.07 Å². The van der Waals surface area contributed by atoms with Crippen LogP contribution in [0.2, 0.25) is 0 Å². The first-order valence-electron chi connectivity index (χ1n) is 6.55. The van der Waals surface area contributed by atoms with Crippen molar-refractivity contribution in [2.75, 3.05) is 31.2 Å². The number of amides is 1. The van der Waals surface area contributed by atoms with E-state index in [0.29, 0.717) is 5.56 Å². The maximum Gasteiger partial charge on any atom is 0.251 e. The van der Waals surface area contributed by atoms with Gasteiger partial charge in [-0.1, -0.05) is 0 Å². The average molecular weight is 297 g/mol. The number of carbonyl (C=O) groups excluding carboxylic acids is 1. The van der Waals surface area contributed by atoms with Crippen LogP contribution in [0.15, 0.2) is 18.2 Å². The Morgan fingerprint density at radius 1 is 1.35 bits per heavy atom. The minimum Gasteiger partial charge on any atom is -0.385 e. The van der Waals surface area contributed by atoms with Crippen molar-refractivity contribution in [2.24, 2.45) is 0 Å². The molecule has 1 aromatic rings. The standard InChI is InChI=1S/C13H19N3O3S/c1-20(18,19)16-8-7-15-13(17)11-4-5-12-10(9-11)3-2-6-14-12/h4-5,9,14,16H,2-3,6-8H2,1H3,(H,15,17). The normalized spacial score (nSPS) is 14.2. The van der Waals surface area contributed by atoms with Gasteiger partial charge in [-0.2, -0.15) is 0 Å². The second kappa shape index (κ2) is 6.23. The molecule has 0 aliphatic carbocycles. The van der Waals surface area contributed by atoms with Gasteiger partial charge in [0.25, 0.3) is 5.91 Å². The molecule has 0 saturated heterocycles. The van der Waals surface area contributed by atoms with Crippen molar-refractivity contribution in [2.45, 2.75) is 12.8 Å². The molecule has 0 radical (unpaired) electrons. The average Bonchev–Trinajstić information content (AvgIpc) is 2.42. The van der Waals surface area contributed by atoms with Crippen LogP contribution in [0.25, 0.3) is 0 Å². The zero-order valence-corrected chi connectivity index (χ0v) is 12.2. The van der Waals surface area contributed by atoms with E-state index in [9.17, 15) is 13.2 Å². The van der Waals surface area contributed by atoms with Gasteiger partial charge in [0.1, 0.15) is 0 Å². The summed E-state index contributed by atoms with van der Waals surface area (Å²) in [6.45, 7) is 1.42. The van der Waals surface area contributed by atoms with Crippen LogP contribution in [0.1, 0.15) is 22.3 Å². The highest BCUT2D eigenvalue weighted by atomic mass is 32.2. The second-order valence-corrected chi connectivity index (χ2v) is 6.66. The van der Waals surface area contributed by atoms with E-state index in [2.05, 4.69) is 15.4 Å². The predicted molar refractivity (Wildman–Crippen MR) is 78.4 cm³/mol. The van der Waals surface area contributed by atoms with Crippen molar-refractivity contribution < 1.29 is 13.2 Å². The highest BCUT2D eigenvalue weighted by Gasteiger charge is 2.12. The van der Waals surface area contributed by atoms with E-state index in [-0.39, 0.29) is 19.0 Å². The van der Waals surface area contributed by atoms with Gasteiger partial charge in [0.15, 0.2) is 0 Å². The summed E-state index contributed by atoms with van der Waals surface area (Å²) in [5, 5.41) is 5.98. The number of benzene rings is 1. The Kier molecular flexibility index (Phi) is 4.61. The van der Waals surface area contributed by atoms with Gasteiger partial charge in [-0.25, -0.2) is 13.1 Å². The molecule has 3 N–H and O–H groups in total. The molecule has 1 aromatic carbocycles. The fraction of sp³-hybridized carbons (Fsp3) is 0.462. The van der Waals surface area contributed by atoms with Crippen LogP contribution in [0.4, 0.5) is 5.69 Å². The molecule has 0 unspecified atom stereocenters. The Hall–Kier alpha value is -1.60. The molecule has 0 fully saturated rings. The molecule has 1 aliphatic rings. The molecular weight excluding hydrogens is 278 g/mol. The number of hydrogen-bond donors (Lipinski definition) is 3. The van der Waals surface area contributed by atoms with E-state index in [4.69, 9.17) is 0 Å². The molecule has 1 heterocycles. The van der Waals surface area contributed by atoms with Crippen molar-refractivity contribution in [3.8, 4) is 0 Å². The topological polar surface area (TPSA) is 87.3 Å². The maximum absolute atomic E-state index is 11.9. The van der Waals surface area contributed by atoms with E-state index >= 15 is 0 Å². The summed E-state index contributed by atoms with van der Waals surface area (Å²) < 4.78 is 24.1. The van der Waals surface area contributed by atoms with E-state index in [1.807, 2.05) is 12.1 Å². The number of hydrogen-bond acceptors (Lipinski definition) is 4. The lowest BCUT2D eigenvalue weighted by atomic mass is 10.0. The van der Waals surface area contributed by atoms with Gasteiger partial charge in [-0.3, -0.25) is 4.79 Å². The Bertz CT molecular complexity index is 599. The summed E-state index contributed by atoms with van der Waals surface area (Å²) >= 11 is 0. The third kappa shape index (κ3) is 4.21. The minimum absolute atomic E-state index is 0.186. The largest absolute Gasteiger partial charge is 0.385 e. The predicted octanol–water partition coefficient (Wildman–Crippen LogP) is 0.324. The molecule has 7 heteroatoms. The first kappa shape index (κ1) is 14.8. The van der Waals surface area contributed by atoms with Gasteiger partial charge >= 0.3 is 0 Å². The lowest BCUT2D eigenvalue weighted by Gasteiger charge is -2.18. The smallest absolute Gasteiger partial charge is 0.251 e. The molecule has 1 aliphatic heterocycles. The third-order valence-electron chi connectivity index (χ3n) is 3.08. The zero-order chi connectivity index (χ0) is 14.6. The summed E-state index contributed by atoms with van der Waals surface area (Å²) in [6.07, 6.45) is 3.13. The summed E-state index contributed by atoms with van der Waals surface area (Å²) in [5.41, 5.74) is 2.84. The van der Waals surface area contributed by atoms with Crippen LogP contribution in [0.3, 0.4) is 0 Å². The molecule has 6 nitrogen and oxygen atoms in total. The molecule has 0 bridgehead atoms. The Morgan fingerprint density at radius 3 is 2.90 bits per heavy atom. The monoisotopic (exact) mass is 297 g/mol. The molecule has 110 valence electrons. The highest BCUT2D eigenvalue weighted by Crippen LogP contribution is 2.22. The van der Waals surface area contributed by atoms with Gasteiger partial charge < -0.3 is 10.6 Å². The molecule has 2 rings (SSSR count). The van der Waals surface area contributed by atoms with Crippen LogP contribution < -0.4 is 15.4 Å². The Morgan fingerprint density at radius 2 is 2.15 bits per heavy atom. The molecule has 0 spiro atoms. The number of aryl methyl sites for hydroxylation is 1. The van der Waals surface area contributed by atoms with Crippen molar-refractivity contribution in [1.82, 2.24) is 10.0 Å². The van der Waals surface area contributed by atoms with Gasteiger partial charge in [0, 0.05) is 30.9 Å². The van der Waals surface area contributed by atoms with Gasteiger partial charge in [-0.05, 0) is 36.6 Å². The fourth-order valence-electron chi connectivity index (χ4n) is 2.13. The van der Waals surface area contributed by atoms with Crippen LogP contribution in [-0.4, -0.2) is 40.2 Å². The third-order valence-corrected chi connectivity index (χ3v) is 3.81. The van der Waals surface area contributed by atoms with Crippen LogP contribution in [0.5, 0.6) is 0 Å². The Balaban J connectivity index is 1.89. The van der Waals surface area contributed by atoms with E-state index in [0.717, 1.165) is 36.9 Å². The quantitative estimate of drug-likeness (QED) is 0.683. The highest BCUT2D eigenvalue weighted by molar-refractivity contribution is 7.88. The summed E-state index contributed by atoms with van der Waals surface area (Å²) in [7, 11) is -3.21. The lowest BCUT2D eigenvalue weighted by Crippen LogP contribution is -2.34. The van der Waals surface area contributed by atoms with Crippen LogP contribution in [0, 0.1) is 0 Å². The van der Waals surface area contributed by atoms with Crippen molar-refractivity contribution in [3.63, 3.8) is 0 Å². The molecule has 0 aromatic heterocycles. The number of fused-ring (bicyclic) bond motifs is 1. The van der Waals surface area contributed by atoms with Crippen LogP contribution >= 0.6 is 0 Å². The molecule has 20 heavy (non-hydrogen) atoms. The number of nitrogens with one attached hydrogen (secondary N) is 3. The summed E-state index contributed by atoms with van der Waals surface area (Å²) in [6, 6.07) is 5.58. The summed E-state index contributed by atoms with van der Waals surface area (Å²) in [4.78, 5) is 11.9. The van der Waals surface area contributed by atoms with Gasteiger partial charge in [0.2, 0.25) is 10.0 Å². The molecular formula is C13H19N3O3S. The minimum atomic E-state index is -3.21. The first-order valence-corrected chi connectivity index (χ1v) is 8.44. The molecule has 1 amide bonds. The summed E-state index contributed by atoms with van der Waals surface area (Å²) in [5.74, 6) is -0.186. The van der Waals surface area contributed by atoms with Gasteiger partial charge in [0.05, 0.1) is 6.26 Å². The van der Waals surface area contributed by atoms with Gasteiger partial charge in [-0.15, -0.1) is 0 Å². The number of carbonyl (C=O) groups is 1. The van der Waals surface area contributed by atoms with Crippen molar-refractivity contribution >= 4 is 21.6 Å².